The topological polar surface area (TPSA) is 35.2 Å². The zero-order valence-corrected chi connectivity index (χ0v) is 11.3. The Balaban J connectivity index is 1.97. The van der Waals surface area contributed by atoms with Crippen LogP contribution in [0.15, 0.2) is 18.2 Å². The van der Waals surface area contributed by atoms with Crippen molar-refractivity contribution in [1.82, 2.24) is 0 Å². The van der Waals surface area contributed by atoms with Crippen LogP contribution in [-0.2, 0) is 11.3 Å². The molecule has 1 aliphatic rings. The third kappa shape index (κ3) is 3.51. The van der Waals surface area contributed by atoms with Gasteiger partial charge < -0.3 is 10.5 Å². The molecule has 2 rings (SSSR count). The van der Waals surface area contributed by atoms with Crippen LogP contribution in [0.5, 0.6) is 0 Å². The second kappa shape index (κ2) is 5.97. The summed E-state index contributed by atoms with van der Waals surface area (Å²) in [5.74, 6) is -0.949. The molecule has 4 heteroatoms. The molecule has 1 aromatic carbocycles. The molecule has 0 bridgehead atoms. The smallest absolute Gasteiger partial charge is 0.159 e. The number of nitrogens with two attached hydrogens (primary N) is 1. The molecule has 0 aliphatic heterocycles. The monoisotopic (exact) mass is 269 g/mol. The second-order valence-corrected chi connectivity index (χ2v) is 5.61. The van der Waals surface area contributed by atoms with Gasteiger partial charge in [0, 0.05) is 6.54 Å². The number of rotatable bonds is 4. The highest BCUT2D eigenvalue weighted by Crippen LogP contribution is 2.34. The summed E-state index contributed by atoms with van der Waals surface area (Å²) < 4.78 is 31.9. The van der Waals surface area contributed by atoms with Gasteiger partial charge in [-0.15, -0.1) is 0 Å². The van der Waals surface area contributed by atoms with Gasteiger partial charge in [0.15, 0.2) is 11.6 Å². The van der Waals surface area contributed by atoms with Gasteiger partial charge in [-0.3, -0.25) is 0 Å². The molecule has 2 N–H and O–H groups in total. The van der Waals surface area contributed by atoms with Crippen LogP contribution in [0.3, 0.4) is 0 Å². The predicted molar refractivity (Wildman–Crippen MR) is 70.6 cm³/mol. The number of benzene rings is 1. The molecular formula is C15H21F2NO. The molecule has 1 aromatic rings. The van der Waals surface area contributed by atoms with Gasteiger partial charge in [-0.1, -0.05) is 13.0 Å². The van der Waals surface area contributed by atoms with Gasteiger partial charge in [-0.2, -0.15) is 0 Å². The third-order valence-corrected chi connectivity index (χ3v) is 4.09. The Bertz CT molecular complexity index is 428. The lowest BCUT2D eigenvalue weighted by molar-refractivity contribution is -0.0800. The summed E-state index contributed by atoms with van der Waals surface area (Å²) in [4.78, 5) is 0. The summed E-state index contributed by atoms with van der Waals surface area (Å²) in [7, 11) is 0. The molecule has 1 saturated carbocycles. The highest BCUT2D eigenvalue weighted by Gasteiger charge is 2.33. The fourth-order valence-electron chi connectivity index (χ4n) is 2.56. The lowest BCUT2D eigenvalue weighted by Gasteiger charge is -2.38. The first kappa shape index (κ1) is 14.4. The van der Waals surface area contributed by atoms with E-state index in [0.29, 0.717) is 18.0 Å². The summed E-state index contributed by atoms with van der Waals surface area (Å²) in [6.07, 6.45) is 4.09. The van der Waals surface area contributed by atoms with E-state index in [0.717, 1.165) is 31.7 Å². The van der Waals surface area contributed by atoms with E-state index in [9.17, 15) is 8.78 Å². The van der Waals surface area contributed by atoms with Crippen molar-refractivity contribution < 1.29 is 13.5 Å². The fourth-order valence-corrected chi connectivity index (χ4v) is 2.56. The Hall–Kier alpha value is -1.00. The average molecular weight is 269 g/mol. The van der Waals surface area contributed by atoms with Crippen LogP contribution in [-0.4, -0.2) is 12.1 Å². The lowest BCUT2D eigenvalue weighted by atomic mass is 9.79. The SMILES string of the molecule is CC1CCC(CN)(OCc2ccc(F)c(F)c2)CC1. The first-order valence-corrected chi connectivity index (χ1v) is 6.83. The minimum absolute atomic E-state index is 0.281. The molecule has 0 radical (unpaired) electrons. The highest BCUT2D eigenvalue weighted by atomic mass is 19.2. The molecule has 0 spiro atoms. The Morgan fingerprint density at radius 1 is 1.26 bits per heavy atom. The van der Waals surface area contributed by atoms with Crippen molar-refractivity contribution in [3.8, 4) is 0 Å². The van der Waals surface area contributed by atoms with Gasteiger partial charge in [0.1, 0.15) is 0 Å². The first-order valence-electron chi connectivity index (χ1n) is 6.83. The predicted octanol–water partition coefficient (Wildman–Crippen LogP) is 3.39. The standard InChI is InChI=1S/C15H21F2NO/c1-11-4-6-15(10-18,7-5-11)19-9-12-2-3-13(16)14(17)8-12/h2-3,8,11H,4-7,9-10,18H2,1H3. The van der Waals surface area contributed by atoms with E-state index < -0.39 is 11.6 Å². The maximum absolute atomic E-state index is 13.1. The Labute approximate surface area is 112 Å². The van der Waals surface area contributed by atoms with Crippen LogP contribution >= 0.6 is 0 Å². The minimum Gasteiger partial charge on any atom is -0.369 e. The number of halogens is 2. The number of hydrogen-bond donors (Lipinski definition) is 1. The third-order valence-electron chi connectivity index (χ3n) is 4.09. The summed E-state index contributed by atoms with van der Waals surface area (Å²) in [5, 5.41) is 0. The molecule has 19 heavy (non-hydrogen) atoms. The molecule has 0 aromatic heterocycles. The van der Waals surface area contributed by atoms with E-state index in [-0.39, 0.29) is 12.2 Å². The van der Waals surface area contributed by atoms with E-state index in [4.69, 9.17) is 10.5 Å². The van der Waals surface area contributed by atoms with Crippen molar-refractivity contribution in [1.29, 1.82) is 0 Å². The quantitative estimate of drug-likeness (QED) is 0.909. The summed E-state index contributed by atoms with van der Waals surface area (Å²) in [6, 6.07) is 3.87. The van der Waals surface area contributed by atoms with E-state index in [1.165, 1.54) is 6.07 Å². The summed E-state index contributed by atoms with van der Waals surface area (Å²) >= 11 is 0. The minimum atomic E-state index is -0.833. The molecule has 2 nitrogen and oxygen atoms in total. The van der Waals surface area contributed by atoms with Crippen molar-refractivity contribution in [2.45, 2.75) is 44.8 Å². The molecule has 0 heterocycles. The van der Waals surface area contributed by atoms with Crippen LogP contribution < -0.4 is 5.73 Å². The van der Waals surface area contributed by atoms with Crippen molar-refractivity contribution >= 4 is 0 Å². The molecule has 0 amide bonds. The molecule has 0 unspecified atom stereocenters. The van der Waals surface area contributed by atoms with Crippen LogP contribution in [0.4, 0.5) is 8.78 Å². The van der Waals surface area contributed by atoms with Crippen LogP contribution in [0.1, 0.15) is 38.2 Å². The van der Waals surface area contributed by atoms with Crippen molar-refractivity contribution in [3.05, 3.63) is 35.4 Å². The molecule has 0 saturated heterocycles. The molecular weight excluding hydrogens is 248 g/mol. The van der Waals surface area contributed by atoms with E-state index in [1.54, 1.807) is 6.07 Å². The Morgan fingerprint density at radius 2 is 1.95 bits per heavy atom. The normalized spacial score (nSPS) is 27.5. The molecule has 106 valence electrons. The Kier molecular flexibility index (Phi) is 4.53. The largest absolute Gasteiger partial charge is 0.369 e. The summed E-state index contributed by atoms with van der Waals surface area (Å²) in [6.45, 7) is 2.99. The van der Waals surface area contributed by atoms with Crippen LogP contribution in [0.25, 0.3) is 0 Å². The van der Waals surface area contributed by atoms with Gasteiger partial charge in [0.25, 0.3) is 0 Å². The van der Waals surface area contributed by atoms with Crippen molar-refractivity contribution in [3.63, 3.8) is 0 Å². The summed E-state index contributed by atoms with van der Waals surface area (Å²) in [5.41, 5.74) is 6.19. The first-order chi connectivity index (χ1) is 9.04. The number of hydrogen-bond acceptors (Lipinski definition) is 2. The highest BCUT2D eigenvalue weighted by molar-refractivity contribution is 5.17. The maximum atomic E-state index is 13.1. The van der Waals surface area contributed by atoms with Crippen LogP contribution in [0, 0.1) is 17.6 Å². The van der Waals surface area contributed by atoms with Gasteiger partial charge in [-0.25, -0.2) is 8.78 Å². The Morgan fingerprint density at radius 3 is 2.53 bits per heavy atom. The number of ether oxygens (including phenoxy) is 1. The average Bonchev–Trinajstić information content (AvgIpc) is 2.42. The van der Waals surface area contributed by atoms with Crippen molar-refractivity contribution in [2.24, 2.45) is 11.7 Å². The van der Waals surface area contributed by atoms with Gasteiger partial charge in [0.05, 0.1) is 12.2 Å². The van der Waals surface area contributed by atoms with Gasteiger partial charge in [-0.05, 0) is 49.3 Å². The van der Waals surface area contributed by atoms with E-state index in [2.05, 4.69) is 6.92 Å². The maximum Gasteiger partial charge on any atom is 0.159 e. The van der Waals surface area contributed by atoms with Gasteiger partial charge >= 0.3 is 0 Å². The lowest BCUT2D eigenvalue weighted by Crippen LogP contribution is -2.43. The fraction of sp³-hybridized carbons (Fsp3) is 0.600. The zero-order valence-electron chi connectivity index (χ0n) is 11.3. The van der Waals surface area contributed by atoms with Gasteiger partial charge in [0.2, 0.25) is 0 Å². The van der Waals surface area contributed by atoms with E-state index in [1.807, 2.05) is 0 Å². The molecule has 1 aliphatic carbocycles. The van der Waals surface area contributed by atoms with Crippen LogP contribution in [0.2, 0.25) is 0 Å². The zero-order chi connectivity index (χ0) is 13.9. The van der Waals surface area contributed by atoms with E-state index >= 15 is 0 Å². The van der Waals surface area contributed by atoms with Crippen molar-refractivity contribution in [2.75, 3.05) is 6.54 Å². The second-order valence-electron chi connectivity index (χ2n) is 5.61. The molecule has 0 atom stereocenters. The molecule has 1 fully saturated rings.